The molecule has 0 spiro atoms. The SMILES string of the molecule is CN(C(=O)[C@H](Cc1ccc(Cl)cc1)NC(=O)OC(C)(C)C)[C@H](CO)CCCNC(=O)OC(C)(C)C. The summed E-state index contributed by atoms with van der Waals surface area (Å²) >= 11 is 5.96. The zero-order valence-electron chi connectivity index (χ0n) is 21.8. The Labute approximate surface area is 213 Å². The lowest BCUT2D eigenvalue weighted by molar-refractivity contribution is -0.135. The number of nitrogens with zero attached hydrogens (tertiary/aromatic N) is 1. The predicted molar refractivity (Wildman–Crippen MR) is 135 cm³/mol. The Morgan fingerprint density at radius 2 is 1.54 bits per heavy atom. The molecule has 0 aliphatic carbocycles. The fourth-order valence-corrected chi connectivity index (χ4v) is 3.31. The number of ether oxygens (including phenoxy) is 2. The molecule has 0 saturated heterocycles. The molecular weight excluding hydrogens is 474 g/mol. The third-order valence-electron chi connectivity index (χ3n) is 4.83. The van der Waals surface area contributed by atoms with Crippen molar-refractivity contribution in [1.82, 2.24) is 15.5 Å². The van der Waals surface area contributed by atoms with Crippen LogP contribution in [0, 0.1) is 0 Å². The summed E-state index contributed by atoms with van der Waals surface area (Å²) in [5.74, 6) is -0.370. The first-order valence-electron chi connectivity index (χ1n) is 11.7. The molecule has 0 heterocycles. The molecule has 35 heavy (non-hydrogen) atoms. The lowest BCUT2D eigenvalue weighted by Gasteiger charge is -2.31. The molecule has 0 aliphatic heterocycles. The van der Waals surface area contributed by atoms with Crippen molar-refractivity contribution < 1.29 is 29.0 Å². The molecule has 2 atom stereocenters. The number of benzene rings is 1. The van der Waals surface area contributed by atoms with Gasteiger partial charge in [0.25, 0.3) is 0 Å². The number of carbonyl (C=O) groups excluding carboxylic acids is 3. The maximum atomic E-state index is 13.3. The fraction of sp³-hybridized carbons (Fsp3) is 0.640. The van der Waals surface area contributed by atoms with E-state index in [0.717, 1.165) is 5.56 Å². The molecule has 0 fully saturated rings. The lowest BCUT2D eigenvalue weighted by atomic mass is 10.0. The minimum Gasteiger partial charge on any atom is -0.444 e. The first kappa shape index (κ1) is 30.5. The van der Waals surface area contributed by atoms with Gasteiger partial charge in [0.15, 0.2) is 0 Å². The number of halogens is 1. The summed E-state index contributed by atoms with van der Waals surface area (Å²) in [7, 11) is 1.58. The molecule has 198 valence electrons. The third-order valence-corrected chi connectivity index (χ3v) is 5.08. The van der Waals surface area contributed by atoms with E-state index >= 15 is 0 Å². The molecule has 0 bridgehead atoms. The molecule has 0 saturated carbocycles. The van der Waals surface area contributed by atoms with Gasteiger partial charge in [0, 0.05) is 25.0 Å². The van der Waals surface area contributed by atoms with Crippen molar-refractivity contribution >= 4 is 29.7 Å². The molecule has 9 nitrogen and oxygen atoms in total. The number of rotatable bonds is 10. The Hall–Kier alpha value is -2.52. The fourth-order valence-electron chi connectivity index (χ4n) is 3.18. The van der Waals surface area contributed by atoms with E-state index in [0.29, 0.717) is 24.4 Å². The van der Waals surface area contributed by atoms with Crippen LogP contribution < -0.4 is 10.6 Å². The summed E-state index contributed by atoms with van der Waals surface area (Å²) in [5.41, 5.74) is -0.511. The van der Waals surface area contributed by atoms with Gasteiger partial charge in [0.1, 0.15) is 17.2 Å². The second-order valence-corrected chi connectivity index (χ2v) is 10.8. The van der Waals surface area contributed by atoms with Crippen molar-refractivity contribution in [2.45, 2.75) is 84.1 Å². The van der Waals surface area contributed by atoms with Gasteiger partial charge < -0.3 is 30.1 Å². The molecule has 1 aromatic rings. The van der Waals surface area contributed by atoms with Gasteiger partial charge in [0.2, 0.25) is 5.91 Å². The average molecular weight is 514 g/mol. The first-order chi connectivity index (χ1) is 16.1. The highest BCUT2D eigenvalue weighted by Gasteiger charge is 2.30. The van der Waals surface area contributed by atoms with Crippen LogP contribution in [-0.4, -0.2) is 71.6 Å². The van der Waals surface area contributed by atoms with Crippen molar-refractivity contribution in [3.8, 4) is 0 Å². The van der Waals surface area contributed by atoms with Crippen LogP contribution in [0.2, 0.25) is 5.02 Å². The van der Waals surface area contributed by atoms with E-state index in [9.17, 15) is 19.5 Å². The Morgan fingerprint density at radius 1 is 1.00 bits per heavy atom. The third kappa shape index (κ3) is 12.7. The van der Waals surface area contributed by atoms with Gasteiger partial charge in [-0.25, -0.2) is 9.59 Å². The second-order valence-electron chi connectivity index (χ2n) is 10.4. The number of likely N-dealkylation sites (N-methyl/N-ethyl adjacent to an activating group) is 1. The van der Waals surface area contributed by atoms with Crippen molar-refractivity contribution in [2.75, 3.05) is 20.2 Å². The van der Waals surface area contributed by atoms with E-state index in [2.05, 4.69) is 10.6 Å². The molecular formula is C25H40ClN3O6. The summed E-state index contributed by atoms with van der Waals surface area (Å²) in [6.07, 6.45) is -0.0527. The minimum absolute atomic E-state index is 0.220. The molecule has 0 unspecified atom stereocenters. The highest BCUT2D eigenvalue weighted by atomic mass is 35.5. The Bertz CT molecular complexity index is 833. The average Bonchev–Trinajstić information content (AvgIpc) is 2.71. The van der Waals surface area contributed by atoms with Gasteiger partial charge in [0.05, 0.1) is 12.6 Å². The Kier molecular flexibility index (Phi) is 11.8. The number of aliphatic hydroxyl groups excluding tert-OH is 1. The van der Waals surface area contributed by atoms with E-state index < -0.39 is 35.5 Å². The van der Waals surface area contributed by atoms with Gasteiger partial charge in [-0.2, -0.15) is 0 Å². The van der Waals surface area contributed by atoms with Crippen LogP contribution in [0.3, 0.4) is 0 Å². The van der Waals surface area contributed by atoms with Crippen molar-refractivity contribution in [2.24, 2.45) is 0 Å². The first-order valence-corrected chi connectivity index (χ1v) is 12.1. The summed E-state index contributed by atoms with van der Waals surface area (Å²) in [4.78, 5) is 39.0. The normalized spacial score (nSPS) is 13.4. The summed E-state index contributed by atoms with van der Waals surface area (Å²) in [6, 6.07) is 5.57. The van der Waals surface area contributed by atoms with Gasteiger partial charge in [-0.1, -0.05) is 23.7 Å². The van der Waals surface area contributed by atoms with Crippen molar-refractivity contribution in [1.29, 1.82) is 0 Å². The van der Waals surface area contributed by atoms with E-state index in [1.807, 2.05) is 0 Å². The molecule has 0 radical (unpaired) electrons. The Balaban J connectivity index is 2.82. The number of nitrogens with one attached hydrogen (secondary N) is 2. The number of alkyl carbamates (subject to hydrolysis) is 2. The van der Waals surface area contributed by atoms with E-state index in [-0.39, 0.29) is 18.9 Å². The van der Waals surface area contributed by atoms with Crippen LogP contribution in [-0.2, 0) is 20.7 Å². The maximum Gasteiger partial charge on any atom is 0.408 e. The van der Waals surface area contributed by atoms with Crippen molar-refractivity contribution in [3.05, 3.63) is 34.9 Å². The largest absolute Gasteiger partial charge is 0.444 e. The van der Waals surface area contributed by atoms with Crippen LogP contribution in [0.15, 0.2) is 24.3 Å². The van der Waals surface area contributed by atoms with Crippen LogP contribution in [0.1, 0.15) is 59.9 Å². The Morgan fingerprint density at radius 3 is 2.06 bits per heavy atom. The highest BCUT2D eigenvalue weighted by Crippen LogP contribution is 2.15. The van der Waals surface area contributed by atoms with Crippen LogP contribution in [0.25, 0.3) is 0 Å². The zero-order chi connectivity index (χ0) is 26.8. The van der Waals surface area contributed by atoms with Gasteiger partial charge in [-0.05, 0) is 72.1 Å². The van der Waals surface area contributed by atoms with Gasteiger partial charge in [-0.15, -0.1) is 0 Å². The minimum atomic E-state index is -0.912. The van der Waals surface area contributed by atoms with Crippen LogP contribution in [0.4, 0.5) is 9.59 Å². The van der Waals surface area contributed by atoms with E-state index in [4.69, 9.17) is 21.1 Å². The lowest BCUT2D eigenvalue weighted by Crippen LogP contribution is -2.53. The number of hydrogen-bond acceptors (Lipinski definition) is 6. The van der Waals surface area contributed by atoms with Crippen molar-refractivity contribution in [3.63, 3.8) is 0 Å². The van der Waals surface area contributed by atoms with Crippen LogP contribution in [0.5, 0.6) is 0 Å². The number of carbonyl (C=O) groups is 3. The van der Waals surface area contributed by atoms with Crippen LogP contribution >= 0.6 is 11.6 Å². The van der Waals surface area contributed by atoms with E-state index in [1.165, 1.54) is 4.90 Å². The standard InChI is InChI=1S/C25H40ClN3O6/c1-24(2,3)34-22(32)27-14-8-9-19(16-30)29(7)21(31)20(28-23(33)35-25(4,5)6)15-17-10-12-18(26)13-11-17/h10-13,19-20,30H,8-9,14-16H2,1-7H3,(H,27,32)(H,28,33)/t19-,20-/m0/s1. The molecule has 1 rings (SSSR count). The molecule has 0 aliphatic rings. The summed E-state index contributed by atoms with van der Waals surface area (Å²) < 4.78 is 10.5. The van der Waals surface area contributed by atoms with Gasteiger partial charge >= 0.3 is 12.2 Å². The molecule has 0 aromatic heterocycles. The summed E-state index contributed by atoms with van der Waals surface area (Å²) in [6.45, 7) is 10.6. The topological polar surface area (TPSA) is 117 Å². The monoisotopic (exact) mass is 513 g/mol. The zero-order valence-corrected chi connectivity index (χ0v) is 22.6. The molecule has 10 heteroatoms. The molecule has 3 N–H and O–H groups in total. The van der Waals surface area contributed by atoms with Gasteiger partial charge in [-0.3, -0.25) is 4.79 Å². The molecule has 1 aromatic carbocycles. The number of amides is 3. The number of hydrogen-bond donors (Lipinski definition) is 3. The molecule has 3 amide bonds. The smallest absolute Gasteiger partial charge is 0.408 e. The summed E-state index contributed by atoms with van der Waals surface area (Å²) in [5, 5.41) is 15.8. The quantitative estimate of drug-likeness (QED) is 0.408. The second kappa shape index (κ2) is 13.5. The maximum absolute atomic E-state index is 13.3. The number of aliphatic hydroxyl groups is 1. The predicted octanol–water partition coefficient (Wildman–Crippen LogP) is 3.90. The van der Waals surface area contributed by atoms with E-state index in [1.54, 1.807) is 72.9 Å². The highest BCUT2D eigenvalue weighted by molar-refractivity contribution is 6.30.